The molecule has 0 aliphatic heterocycles. The Kier molecular flexibility index (Phi) is 6.11. The normalized spacial score (nSPS) is 11.1. The van der Waals surface area contributed by atoms with Gasteiger partial charge in [-0.1, -0.05) is 13.3 Å². The summed E-state index contributed by atoms with van der Waals surface area (Å²) in [4.78, 5) is 31.8. The van der Waals surface area contributed by atoms with Crippen LogP contribution in [0.2, 0.25) is 0 Å². The van der Waals surface area contributed by atoms with E-state index in [1.54, 1.807) is 6.92 Å². The average Bonchev–Trinajstić information content (AvgIpc) is 2.49. The molecule has 118 valence electrons. The Bertz CT molecular complexity index is 595. The van der Waals surface area contributed by atoms with Crippen LogP contribution < -0.4 is 5.43 Å². The molecule has 0 fully saturated rings. The van der Waals surface area contributed by atoms with Crippen molar-refractivity contribution in [2.75, 3.05) is 0 Å². The minimum Gasteiger partial charge on any atom is -0.267 e. The topological polar surface area (TPSA) is 128 Å². The Morgan fingerprint density at radius 3 is 2.18 bits per heavy atom. The van der Waals surface area contributed by atoms with Crippen molar-refractivity contribution >= 4 is 23.0 Å². The van der Waals surface area contributed by atoms with Crippen molar-refractivity contribution < 1.29 is 14.6 Å². The molecule has 0 aliphatic carbocycles. The van der Waals surface area contributed by atoms with E-state index in [9.17, 15) is 25.0 Å². The number of unbranched alkanes of at least 4 members (excludes halogenated alkanes) is 1. The Morgan fingerprint density at radius 1 is 1.18 bits per heavy atom. The van der Waals surface area contributed by atoms with Crippen LogP contribution in [-0.4, -0.2) is 21.5 Å². The molecule has 9 heteroatoms. The van der Waals surface area contributed by atoms with E-state index in [0.717, 1.165) is 31.0 Å². The van der Waals surface area contributed by atoms with Gasteiger partial charge in [0.25, 0.3) is 17.3 Å². The first-order valence-electron chi connectivity index (χ1n) is 6.62. The van der Waals surface area contributed by atoms with E-state index >= 15 is 0 Å². The van der Waals surface area contributed by atoms with Crippen LogP contribution >= 0.6 is 0 Å². The van der Waals surface area contributed by atoms with Gasteiger partial charge in [-0.2, -0.15) is 5.10 Å². The lowest BCUT2D eigenvalue weighted by molar-refractivity contribution is -0.394. The highest BCUT2D eigenvalue weighted by atomic mass is 16.6. The van der Waals surface area contributed by atoms with Crippen LogP contribution in [0.15, 0.2) is 23.3 Å². The van der Waals surface area contributed by atoms with Crippen LogP contribution in [0.3, 0.4) is 0 Å². The molecular formula is C13H16N4O5. The molecule has 0 bridgehead atoms. The molecule has 1 aromatic rings. The Balaban J connectivity index is 2.97. The third-order valence-electron chi connectivity index (χ3n) is 2.83. The fraction of sp³-hybridized carbons (Fsp3) is 0.385. The lowest BCUT2D eigenvalue weighted by atomic mass is 10.1. The molecule has 9 nitrogen and oxygen atoms in total. The fourth-order valence-electron chi connectivity index (χ4n) is 1.64. The highest BCUT2D eigenvalue weighted by Crippen LogP contribution is 2.22. The zero-order valence-corrected chi connectivity index (χ0v) is 12.2. The molecule has 0 atom stereocenters. The minimum atomic E-state index is -0.792. The first-order chi connectivity index (χ1) is 10.3. The highest BCUT2D eigenvalue weighted by Gasteiger charge is 2.19. The van der Waals surface area contributed by atoms with Gasteiger partial charge in [0, 0.05) is 17.8 Å². The number of hydrogen-bond donors (Lipinski definition) is 1. The first kappa shape index (κ1) is 17.2. The molecule has 1 N–H and O–H groups in total. The van der Waals surface area contributed by atoms with E-state index < -0.39 is 27.1 Å². The number of rotatable bonds is 7. The number of nitrogens with zero attached hydrogens (tertiary/aromatic N) is 3. The van der Waals surface area contributed by atoms with Crippen molar-refractivity contribution in [3.63, 3.8) is 0 Å². The molecule has 0 saturated heterocycles. The number of nitro benzene ring substituents is 2. The van der Waals surface area contributed by atoms with Crippen LogP contribution in [0.5, 0.6) is 0 Å². The van der Waals surface area contributed by atoms with Gasteiger partial charge in [-0.3, -0.25) is 25.0 Å². The summed E-state index contributed by atoms with van der Waals surface area (Å²) >= 11 is 0. The number of carbonyl (C=O) groups excluding carboxylic acids is 1. The lowest BCUT2D eigenvalue weighted by Gasteiger charge is -2.03. The van der Waals surface area contributed by atoms with Crippen molar-refractivity contribution in [2.24, 2.45) is 5.10 Å². The highest BCUT2D eigenvalue weighted by molar-refractivity contribution is 5.96. The zero-order valence-electron chi connectivity index (χ0n) is 12.2. The molecule has 0 saturated carbocycles. The van der Waals surface area contributed by atoms with Crippen LogP contribution in [0.1, 0.15) is 43.5 Å². The number of amides is 1. The summed E-state index contributed by atoms with van der Waals surface area (Å²) in [7, 11) is 0. The predicted octanol–water partition coefficient (Wildman–Crippen LogP) is 2.80. The molecular weight excluding hydrogens is 292 g/mol. The third kappa shape index (κ3) is 4.93. The molecule has 1 rings (SSSR count). The van der Waals surface area contributed by atoms with Gasteiger partial charge in [0.2, 0.25) is 0 Å². The number of hydrogen-bond acceptors (Lipinski definition) is 6. The number of benzene rings is 1. The van der Waals surface area contributed by atoms with Gasteiger partial charge >= 0.3 is 0 Å². The van der Waals surface area contributed by atoms with Crippen LogP contribution in [0.4, 0.5) is 11.4 Å². The molecule has 1 amide bonds. The lowest BCUT2D eigenvalue weighted by Crippen LogP contribution is -2.19. The maximum atomic E-state index is 11.9. The van der Waals surface area contributed by atoms with Crippen LogP contribution in [0.25, 0.3) is 0 Å². The summed E-state index contributed by atoms with van der Waals surface area (Å²) in [5, 5.41) is 25.4. The second kappa shape index (κ2) is 7.81. The smallest absolute Gasteiger partial charge is 0.267 e. The van der Waals surface area contributed by atoms with Crippen molar-refractivity contribution in [2.45, 2.75) is 33.1 Å². The van der Waals surface area contributed by atoms with E-state index in [1.807, 2.05) is 6.92 Å². The van der Waals surface area contributed by atoms with Gasteiger partial charge in [-0.25, -0.2) is 5.43 Å². The summed E-state index contributed by atoms with van der Waals surface area (Å²) in [6, 6.07) is 2.74. The van der Waals surface area contributed by atoms with Gasteiger partial charge < -0.3 is 0 Å². The van der Waals surface area contributed by atoms with Crippen molar-refractivity contribution in [1.29, 1.82) is 0 Å². The average molecular weight is 308 g/mol. The van der Waals surface area contributed by atoms with Crippen molar-refractivity contribution in [1.82, 2.24) is 5.43 Å². The second-order valence-corrected chi connectivity index (χ2v) is 4.64. The van der Waals surface area contributed by atoms with E-state index in [0.29, 0.717) is 12.1 Å². The summed E-state index contributed by atoms with van der Waals surface area (Å²) in [6.07, 6.45) is 2.62. The minimum absolute atomic E-state index is 0.187. The van der Waals surface area contributed by atoms with Crippen molar-refractivity contribution in [3.8, 4) is 0 Å². The molecule has 0 unspecified atom stereocenters. The zero-order chi connectivity index (χ0) is 16.7. The van der Waals surface area contributed by atoms with E-state index in [-0.39, 0.29) is 5.56 Å². The largest absolute Gasteiger partial charge is 0.277 e. The third-order valence-corrected chi connectivity index (χ3v) is 2.83. The fourth-order valence-corrected chi connectivity index (χ4v) is 1.64. The molecule has 1 aromatic carbocycles. The maximum Gasteiger partial charge on any atom is 0.277 e. The standard InChI is InChI=1S/C13H16N4O5/c1-3-4-5-9(2)14-15-13(18)10-6-11(16(19)20)8-12(7-10)17(21)22/h6-8H,3-5H2,1-2H3,(H,15,18). The van der Waals surface area contributed by atoms with Crippen LogP contribution in [0, 0.1) is 20.2 Å². The number of hydrazone groups is 1. The summed E-state index contributed by atoms with van der Waals surface area (Å²) in [5.41, 5.74) is 1.72. The monoisotopic (exact) mass is 308 g/mol. The second-order valence-electron chi connectivity index (χ2n) is 4.64. The van der Waals surface area contributed by atoms with E-state index in [1.165, 1.54) is 0 Å². The summed E-state index contributed by atoms with van der Waals surface area (Å²) in [5.74, 6) is -0.734. The van der Waals surface area contributed by atoms with Gasteiger partial charge in [0.05, 0.1) is 21.5 Å². The van der Waals surface area contributed by atoms with Crippen molar-refractivity contribution in [3.05, 3.63) is 44.0 Å². The predicted molar refractivity (Wildman–Crippen MR) is 79.9 cm³/mol. The molecule has 0 heterocycles. The first-order valence-corrected chi connectivity index (χ1v) is 6.62. The number of nitro groups is 2. The van der Waals surface area contributed by atoms with Gasteiger partial charge in [-0.05, 0) is 19.8 Å². The SMILES string of the molecule is CCCCC(C)=NNC(=O)c1cc([N+](=O)[O-])cc([N+](=O)[O-])c1. The van der Waals surface area contributed by atoms with Gasteiger partial charge in [-0.15, -0.1) is 0 Å². The Labute approximate surface area is 126 Å². The summed E-state index contributed by atoms with van der Waals surface area (Å²) in [6.45, 7) is 3.76. The molecule has 0 aromatic heterocycles. The number of non-ortho nitro benzene ring substituents is 2. The Morgan fingerprint density at radius 2 is 1.73 bits per heavy atom. The van der Waals surface area contributed by atoms with E-state index in [2.05, 4.69) is 10.5 Å². The van der Waals surface area contributed by atoms with Gasteiger partial charge in [0.15, 0.2) is 0 Å². The quantitative estimate of drug-likeness (QED) is 0.470. The Hall–Kier alpha value is -2.84. The van der Waals surface area contributed by atoms with Gasteiger partial charge in [0.1, 0.15) is 0 Å². The molecule has 22 heavy (non-hydrogen) atoms. The number of carbonyl (C=O) groups is 1. The molecule has 0 spiro atoms. The number of nitrogens with one attached hydrogen (secondary N) is 1. The maximum absolute atomic E-state index is 11.9. The molecule has 0 radical (unpaired) electrons. The van der Waals surface area contributed by atoms with Crippen LogP contribution in [-0.2, 0) is 0 Å². The van der Waals surface area contributed by atoms with E-state index in [4.69, 9.17) is 0 Å². The summed E-state index contributed by atoms with van der Waals surface area (Å²) < 4.78 is 0. The molecule has 0 aliphatic rings.